The second kappa shape index (κ2) is 9.62. The first kappa shape index (κ1) is 21.5. The van der Waals surface area contributed by atoms with Gasteiger partial charge in [0, 0.05) is 23.9 Å². The number of aromatic amines is 1. The number of hydrogen-bond donors (Lipinski definition) is 3. The van der Waals surface area contributed by atoms with Gasteiger partial charge in [0.05, 0.1) is 25.2 Å². The van der Waals surface area contributed by atoms with E-state index in [0.29, 0.717) is 34.5 Å². The number of nitrogens with zero attached hydrogens (tertiary/aromatic N) is 5. The molecule has 10 nitrogen and oxygen atoms in total. The third-order valence-corrected chi connectivity index (χ3v) is 5.35. The van der Waals surface area contributed by atoms with Crippen molar-refractivity contribution < 1.29 is 9.47 Å². The number of nitrogens with one attached hydrogen (secondary N) is 2. The van der Waals surface area contributed by atoms with E-state index in [-0.39, 0.29) is 17.8 Å². The van der Waals surface area contributed by atoms with Crippen LogP contribution in [-0.4, -0.2) is 44.4 Å². The van der Waals surface area contributed by atoms with Gasteiger partial charge in [0.2, 0.25) is 5.88 Å². The molecule has 1 saturated carbocycles. The van der Waals surface area contributed by atoms with E-state index in [4.69, 9.17) is 20.5 Å². The van der Waals surface area contributed by atoms with Crippen LogP contribution in [0.1, 0.15) is 43.5 Å². The number of methoxy groups -OCH3 is 1. The first-order valence-corrected chi connectivity index (χ1v) is 10.6. The largest absolute Gasteiger partial charge is 0.489 e. The van der Waals surface area contributed by atoms with E-state index in [1.54, 1.807) is 7.11 Å². The van der Waals surface area contributed by atoms with E-state index < -0.39 is 0 Å². The monoisotopic (exact) mass is 434 g/mol. The van der Waals surface area contributed by atoms with Gasteiger partial charge < -0.3 is 20.5 Å². The molecule has 0 amide bonds. The number of hydrogen-bond acceptors (Lipinski definition) is 9. The molecule has 2 atom stereocenters. The minimum Gasteiger partial charge on any atom is -0.489 e. The molecule has 32 heavy (non-hydrogen) atoms. The van der Waals surface area contributed by atoms with Gasteiger partial charge in [-0.15, -0.1) is 0 Å². The number of ether oxygens (including phenoxy) is 2. The molecule has 0 aromatic carbocycles. The van der Waals surface area contributed by atoms with Gasteiger partial charge in [-0.1, -0.05) is 6.42 Å². The van der Waals surface area contributed by atoms with Gasteiger partial charge >= 0.3 is 0 Å². The summed E-state index contributed by atoms with van der Waals surface area (Å²) in [5.41, 5.74) is 8.66. The molecule has 4 N–H and O–H groups in total. The molecule has 0 spiro atoms. The number of aromatic nitrogens is 5. The molecule has 0 radical (unpaired) electrons. The highest BCUT2D eigenvalue weighted by molar-refractivity contribution is 5.75. The number of nitrogens with two attached hydrogens (primary N) is 1. The van der Waals surface area contributed by atoms with Gasteiger partial charge in [-0.2, -0.15) is 10.4 Å². The van der Waals surface area contributed by atoms with Gasteiger partial charge in [-0.25, -0.2) is 15.0 Å². The summed E-state index contributed by atoms with van der Waals surface area (Å²) in [4.78, 5) is 12.7. The molecule has 0 aliphatic heterocycles. The van der Waals surface area contributed by atoms with Crippen molar-refractivity contribution in [2.75, 3.05) is 12.4 Å². The first-order chi connectivity index (χ1) is 15.6. The predicted octanol–water partition coefficient (Wildman–Crippen LogP) is 3.23. The molecule has 0 unspecified atom stereocenters. The Bertz CT molecular complexity index is 1110. The van der Waals surface area contributed by atoms with Crippen LogP contribution in [0.5, 0.6) is 11.6 Å². The standard InChI is InChI=1S/C22H26N8O2/c1-13-7-18(32-16-6-4-3-5-14(24)8-16)21(22(27-13)31-2)17-9-19(30-29-17)28-20-12-25-15(10-23)11-26-20/h7,9,11-12,14,16H,3-6,8,24H2,1-2H3,(H2,26,28,29,30)/t14-,16-/m1/s1. The number of aryl methyl sites for hydroxylation is 1. The van der Waals surface area contributed by atoms with Crippen molar-refractivity contribution in [2.45, 2.75) is 51.2 Å². The Morgan fingerprint density at radius 3 is 2.78 bits per heavy atom. The molecule has 4 rings (SSSR count). The topological polar surface area (TPSA) is 148 Å². The van der Waals surface area contributed by atoms with Crippen molar-refractivity contribution in [3.8, 4) is 29.0 Å². The lowest BCUT2D eigenvalue weighted by atomic mass is 10.1. The van der Waals surface area contributed by atoms with Crippen molar-refractivity contribution in [1.82, 2.24) is 25.1 Å². The van der Waals surface area contributed by atoms with Crippen LogP contribution in [0, 0.1) is 18.3 Å². The number of anilines is 2. The zero-order chi connectivity index (χ0) is 22.5. The molecule has 1 fully saturated rings. The molecule has 0 saturated heterocycles. The van der Waals surface area contributed by atoms with Gasteiger partial charge in [0.15, 0.2) is 11.5 Å². The molecule has 3 aromatic rings. The Kier molecular flexibility index (Phi) is 6.47. The molecule has 3 heterocycles. The molecular formula is C22H26N8O2. The Hall–Kier alpha value is -3.71. The lowest BCUT2D eigenvalue weighted by Gasteiger charge is -2.22. The van der Waals surface area contributed by atoms with Crippen LogP contribution >= 0.6 is 0 Å². The highest BCUT2D eigenvalue weighted by Crippen LogP contribution is 2.39. The van der Waals surface area contributed by atoms with E-state index in [0.717, 1.165) is 37.8 Å². The summed E-state index contributed by atoms with van der Waals surface area (Å²) in [6.45, 7) is 1.90. The minimum absolute atomic E-state index is 0.0344. The van der Waals surface area contributed by atoms with E-state index >= 15 is 0 Å². The van der Waals surface area contributed by atoms with Gasteiger partial charge in [-0.05, 0) is 32.6 Å². The van der Waals surface area contributed by atoms with Crippen molar-refractivity contribution in [1.29, 1.82) is 5.26 Å². The summed E-state index contributed by atoms with van der Waals surface area (Å²) in [5, 5.41) is 19.3. The predicted molar refractivity (Wildman–Crippen MR) is 119 cm³/mol. The van der Waals surface area contributed by atoms with Crippen LogP contribution in [0.15, 0.2) is 24.5 Å². The Labute approximate surface area is 186 Å². The SMILES string of the molecule is COc1nc(C)cc(O[C@@H]2CCCC[C@@H](N)C2)c1-c1cc(Nc2cnc(C#N)cn2)n[nH]1. The van der Waals surface area contributed by atoms with Gasteiger partial charge in [-0.3, -0.25) is 5.10 Å². The Morgan fingerprint density at radius 2 is 2.03 bits per heavy atom. The van der Waals surface area contributed by atoms with Crippen LogP contribution in [0.2, 0.25) is 0 Å². The summed E-state index contributed by atoms with van der Waals surface area (Å²) in [7, 11) is 1.58. The summed E-state index contributed by atoms with van der Waals surface area (Å²) >= 11 is 0. The smallest absolute Gasteiger partial charge is 0.226 e. The molecule has 166 valence electrons. The van der Waals surface area contributed by atoms with Gasteiger partial charge in [0.1, 0.15) is 29.3 Å². The van der Waals surface area contributed by atoms with Crippen molar-refractivity contribution in [3.63, 3.8) is 0 Å². The van der Waals surface area contributed by atoms with Crippen molar-refractivity contribution in [3.05, 3.63) is 35.9 Å². The van der Waals surface area contributed by atoms with E-state index in [9.17, 15) is 0 Å². The van der Waals surface area contributed by atoms with Crippen molar-refractivity contribution >= 4 is 11.6 Å². The molecule has 1 aliphatic rings. The van der Waals surface area contributed by atoms with Crippen LogP contribution in [0.25, 0.3) is 11.3 Å². The van der Waals surface area contributed by atoms with Crippen LogP contribution in [-0.2, 0) is 0 Å². The van der Waals surface area contributed by atoms with E-state index in [1.807, 2.05) is 25.1 Å². The maximum absolute atomic E-state index is 8.86. The quantitative estimate of drug-likeness (QED) is 0.497. The van der Waals surface area contributed by atoms with Crippen LogP contribution in [0.3, 0.4) is 0 Å². The third-order valence-electron chi connectivity index (χ3n) is 5.35. The molecular weight excluding hydrogens is 408 g/mol. The molecule has 1 aliphatic carbocycles. The zero-order valence-electron chi connectivity index (χ0n) is 18.1. The number of rotatable bonds is 6. The second-order valence-electron chi connectivity index (χ2n) is 7.86. The highest BCUT2D eigenvalue weighted by atomic mass is 16.5. The normalized spacial score (nSPS) is 18.4. The van der Waals surface area contributed by atoms with Crippen LogP contribution < -0.4 is 20.5 Å². The molecule has 10 heteroatoms. The Balaban J connectivity index is 1.62. The van der Waals surface area contributed by atoms with E-state index in [1.165, 1.54) is 12.4 Å². The first-order valence-electron chi connectivity index (χ1n) is 10.6. The average Bonchev–Trinajstić information content (AvgIpc) is 3.14. The summed E-state index contributed by atoms with van der Waals surface area (Å²) in [5.74, 6) is 2.14. The summed E-state index contributed by atoms with van der Waals surface area (Å²) < 4.78 is 12.0. The third kappa shape index (κ3) is 4.95. The highest BCUT2D eigenvalue weighted by Gasteiger charge is 2.24. The molecule has 3 aromatic heterocycles. The maximum atomic E-state index is 8.86. The fourth-order valence-electron chi connectivity index (χ4n) is 3.84. The number of pyridine rings is 1. The lowest BCUT2D eigenvalue weighted by molar-refractivity contribution is 0.178. The fourth-order valence-corrected chi connectivity index (χ4v) is 3.84. The summed E-state index contributed by atoms with van der Waals surface area (Å²) in [6.07, 6.45) is 7.93. The summed E-state index contributed by atoms with van der Waals surface area (Å²) in [6, 6.07) is 5.82. The average molecular weight is 435 g/mol. The van der Waals surface area contributed by atoms with Crippen LogP contribution in [0.4, 0.5) is 11.6 Å². The maximum Gasteiger partial charge on any atom is 0.226 e. The number of H-pyrrole nitrogens is 1. The fraction of sp³-hybridized carbons (Fsp3) is 0.409. The molecule has 0 bridgehead atoms. The Morgan fingerprint density at radius 1 is 1.19 bits per heavy atom. The number of nitriles is 1. The zero-order valence-corrected chi connectivity index (χ0v) is 18.1. The van der Waals surface area contributed by atoms with Crippen molar-refractivity contribution in [2.24, 2.45) is 5.73 Å². The van der Waals surface area contributed by atoms with E-state index in [2.05, 4.69) is 30.5 Å². The van der Waals surface area contributed by atoms with Gasteiger partial charge in [0.25, 0.3) is 0 Å². The lowest BCUT2D eigenvalue weighted by Crippen LogP contribution is -2.27. The minimum atomic E-state index is 0.0344. The second-order valence-corrected chi connectivity index (χ2v) is 7.86.